The Bertz CT molecular complexity index is 596. The summed E-state index contributed by atoms with van der Waals surface area (Å²) in [7, 11) is 0. The Morgan fingerprint density at radius 3 is 3.08 bits per heavy atom. The predicted molar refractivity (Wildman–Crippen MR) is 98.3 cm³/mol. The summed E-state index contributed by atoms with van der Waals surface area (Å²) in [5.74, 6) is 0.659. The van der Waals surface area contributed by atoms with Gasteiger partial charge in [-0.25, -0.2) is 0 Å². The molecule has 1 aromatic heterocycles. The standard InChI is InChI=1S/C20H29N3O/c1-16-6-5-13-23(15-16)18-10-12-21-19(14-18)20(24)22-11-9-17-7-3-2-4-8-17/h7,10,12,14,16H,2-6,8-9,11,13,15H2,1H3,(H,22,24). The number of hydrogen-bond acceptors (Lipinski definition) is 3. The molecule has 24 heavy (non-hydrogen) atoms. The van der Waals surface area contributed by atoms with E-state index in [-0.39, 0.29) is 5.91 Å². The minimum Gasteiger partial charge on any atom is -0.371 e. The highest BCUT2D eigenvalue weighted by Crippen LogP contribution is 2.23. The normalized spacial score (nSPS) is 21.3. The maximum atomic E-state index is 12.4. The topological polar surface area (TPSA) is 45.2 Å². The molecule has 130 valence electrons. The number of carbonyl (C=O) groups excluding carboxylic acids is 1. The molecule has 1 atom stereocenters. The second-order valence-corrected chi connectivity index (χ2v) is 7.21. The molecule has 1 saturated heterocycles. The zero-order chi connectivity index (χ0) is 16.8. The number of aromatic nitrogens is 1. The fourth-order valence-corrected chi connectivity index (χ4v) is 3.72. The molecule has 4 heteroatoms. The summed E-state index contributed by atoms with van der Waals surface area (Å²) in [6.07, 6.45) is 12.6. The highest BCUT2D eigenvalue weighted by atomic mass is 16.1. The molecule has 4 nitrogen and oxygen atoms in total. The second kappa shape index (κ2) is 8.32. The van der Waals surface area contributed by atoms with E-state index in [4.69, 9.17) is 0 Å². The van der Waals surface area contributed by atoms with Crippen LogP contribution in [-0.2, 0) is 0 Å². The molecule has 0 radical (unpaired) electrons. The van der Waals surface area contributed by atoms with Gasteiger partial charge in [-0.05, 0) is 63.0 Å². The SMILES string of the molecule is CC1CCCN(c2ccnc(C(=O)NCCC3=CCCCC3)c2)C1. The maximum absolute atomic E-state index is 12.4. The molecular formula is C20H29N3O. The van der Waals surface area contributed by atoms with Gasteiger partial charge in [-0.3, -0.25) is 9.78 Å². The van der Waals surface area contributed by atoms with Gasteiger partial charge in [0.15, 0.2) is 0 Å². The first-order valence-corrected chi connectivity index (χ1v) is 9.39. The van der Waals surface area contributed by atoms with Crippen molar-refractivity contribution in [1.82, 2.24) is 10.3 Å². The Labute approximate surface area is 145 Å². The van der Waals surface area contributed by atoms with E-state index in [1.807, 2.05) is 12.1 Å². The molecule has 2 heterocycles. The third kappa shape index (κ3) is 4.59. The van der Waals surface area contributed by atoms with E-state index < -0.39 is 0 Å². The fourth-order valence-electron chi connectivity index (χ4n) is 3.72. The molecule has 1 aromatic rings. The number of nitrogens with zero attached hydrogens (tertiary/aromatic N) is 2. The zero-order valence-corrected chi connectivity index (χ0v) is 14.8. The first kappa shape index (κ1) is 17.0. The lowest BCUT2D eigenvalue weighted by molar-refractivity contribution is 0.0949. The summed E-state index contributed by atoms with van der Waals surface area (Å²) >= 11 is 0. The van der Waals surface area contributed by atoms with E-state index in [1.165, 1.54) is 44.1 Å². The first-order chi connectivity index (χ1) is 11.7. The molecule has 1 aliphatic heterocycles. The molecular weight excluding hydrogens is 298 g/mol. The minimum absolute atomic E-state index is 0.0571. The Morgan fingerprint density at radius 2 is 2.29 bits per heavy atom. The van der Waals surface area contributed by atoms with Gasteiger partial charge in [0.1, 0.15) is 5.69 Å². The van der Waals surface area contributed by atoms with Crippen molar-refractivity contribution in [3.63, 3.8) is 0 Å². The van der Waals surface area contributed by atoms with Gasteiger partial charge in [0.25, 0.3) is 5.91 Å². The van der Waals surface area contributed by atoms with Crippen LogP contribution in [0.2, 0.25) is 0 Å². The van der Waals surface area contributed by atoms with E-state index in [0.717, 1.165) is 25.2 Å². The van der Waals surface area contributed by atoms with Crippen LogP contribution in [0, 0.1) is 5.92 Å². The van der Waals surface area contributed by atoms with Gasteiger partial charge in [-0.15, -0.1) is 0 Å². The Kier molecular flexibility index (Phi) is 5.89. The van der Waals surface area contributed by atoms with Crippen LogP contribution in [0.25, 0.3) is 0 Å². The van der Waals surface area contributed by atoms with Gasteiger partial charge in [-0.2, -0.15) is 0 Å². The summed E-state index contributed by atoms with van der Waals surface area (Å²) in [6.45, 7) is 5.14. The average molecular weight is 327 g/mol. The molecule has 0 aromatic carbocycles. The van der Waals surface area contributed by atoms with Gasteiger partial charge in [-0.1, -0.05) is 18.6 Å². The Morgan fingerprint density at radius 1 is 1.38 bits per heavy atom. The molecule has 1 fully saturated rings. The van der Waals surface area contributed by atoms with Gasteiger partial charge >= 0.3 is 0 Å². The molecule has 3 rings (SSSR count). The number of amides is 1. The van der Waals surface area contributed by atoms with Crippen molar-refractivity contribution >= 4 is 11.6 Å². The lowest BCUT2D eigenvalue weighted by Gasteiger charge is -2.32. The molecule has 1 amide bonds. The summed E-state index contributed by atoms with van der Waals surface area (Å²) in [5, 5.41) is 3.02. The molecule has 0 saturated carbocycles. The van der Waals surface area contributed by atoms with Gasteiger partial charge in [0, 0.05) is 31.5 Å². The Hall–Kier alpha value is -1.84. The van der Waals surface area contributed by atoms with Crippen LogP contribution >= 0.6 is 0 Å². The molecule has 0 spiro atoms. The number of rotatable bonds is 5. The average Bonchev–Trinajstić information content (AvgIpc) is 2.63. The first-order valence-electron chi connectivity index (χ1n) is 9.39. The largest absolute Gasteiger partial charge is 0.371 e. The van der Waals surface area contributed by atoms with Crippen molar-refractivity contribution in [1.29, 1.82) is 0 Å². The van der Waals surface area contributed by atoms with Crippen LogP contribution in [-0.4, -0.2) is 30.5 Å². The molecule has 0 bridgehead atoms. The van der Waals surface area contributed by atoms with Crippen LogP contribution in [0.4, 0.5) is 5.69 Å². The lowest BCUT2D eigenvalue weighted by Crippen LogP contribution is -2.34. The van der Waals surface area contributed by atoms with Crippen LogP contribution in [0.5, 0.6) is 0 Å². The van der Waals surface area contributed by atoms with Crippen molar-refractivity contribution < 1.29 is 4.79 Å². The highest BCUT2D eigenvalue weighted by molar-refractivity contribution is 5.93. The molecule has 1 unspecified atom stereocenters. The third-order valence-electron chi connectivity index (χ3n) is 5.12. The van der Waals surface area contributed by atoms with Gasteiger partial charge in [0.2, 0.25) is 0 Å². The fraction of sp³-hybridized carbons (Fsp3) is 0.600. The van der Waals surface area contributed by atoms with E-state index in [0.29, 0.717) is 18.2 Å². The predicted octanol–water partition coefficient (Wildman–Crippen LogP) is 3.94. The zero-order valence-electron chi connectivity index (χ0n) is 14.8. The van der Waals surface area contributed by atoms with Crippen LogP contribution in [0.3, 0.4) is 0 Å². The number of anilines is 1. The minimum atomic E-state index is -0.0571. The van der Waals surface area contributed by atoms with Crippen molar-refractivity contribution in [2.24, 2.45) is 5.92 Å². The number of carbonyl (C=O) groups is 1. The number of nitrogens with one attached hydrogen (secondary N) is 1. The van der Waals surface area contributed by atoms with Crippen molar-refractivity contribution in [2.45, 2.75) is 51.9 Å². The van der Waals surface area contributed by atoms with E-state index >= 15 is 0 Å². The number of allylic oxidation sites excluding steroid dienone is 1. The third-order valence-corrected chi connectivity index (χ3v) is 5.12. The van der Waals surface area contributed by atoms with Gasteiger partial charge < -0.3 is 10.2 Å². The van der Waals surface area contributed by atoms with Crippen LogP contribution < -0.4 is 10.2 Å². The quantitative estimate of drug-likeness (QED) is 0.833. The summed E-state index contributed by atoms with van der Waals surface area (Å²) in [6, 6.07) is 3.95. The second-order valence-electron chi connectivity index (χ2n) is 7.21. The van der Waals surface area contributed by atoms with Crippen molar-refractivity contribution in [3.8, 4) is 0 Å². The van der Waals surface area contributed by atoms with Crippen LogP contribution in [0.15, 0.2) is 30.0 Å². The maximum Gasteiger partial charge on any atom is 0.269 e. The number of piperidine rings is 1. The number of hydrogen-bond donors (Lipinski definition) is 1. The van der Waals surface area contributed by atoms with E-state index in [2.05, 4.69) is 28.2 Å². The summed E-state index contributed by atoms with van der Waals surface area (Å²) in [5.41, 5.74) is 3.14. The molecule has 1 N–H and O–H groups in total. The lowest BCUT2D eigenvalue weighted by atomic mass is 9.97. The monoisotopic (exact) mass is 327 g/mol. The van der Waals surface area contributed by atoms with Crippen LogP contribution in [0.1, 0.15) is 62.4 Å². The number of pyridine rings is 1. The summed E-state index contributed by atoms with van der Waals surface area (Å²) < 4.78 is 0. The van der Waals surface area contributed by atoms with E-state index in [1.54, 1.807) is 6.20 Å². The highest BCUT2D eigenvalue weighted by Gasteiger charge is 2.18. The van der Waals surface area contributed by atoms with Crippen molar-refractivity contribution in [3.05, 3.63) is 35.7 Å². The molecule has 2 aliphatic rings. The smallest absolute Gasteiger partial charge is 0.269 e. The van der Waals surface area contributed by atoms with Gasteiger partial charge in [0.05, 0.1) is 0 Å². The van der Waals surface area contributed by atoms with E-state index in [9.17, 15) is 4.79 Å². The summed E-state index contributed by atoms with van der Waals surface area (Å²) in [4.78, 5) is 19.0. The molecule has 1 aliphatic carbocycles. The Balaban J connectivity index is 1.54. The van der Waals surface area contributed by atoms with Crippen molar-refractivity contribution in [2.75, 3.05) is 24.5 Å².